The molecule has 0 atom stereocenters. The molecule has 0 spiro atoms. The summed E-state index contributed by atoms with van der Waals surface area (Å²) in [5.41, 5.74) is 2.74. The molecule has 168 valence electrons. The van der Waals surface area contributed by atoms with Crippen LogP contribution in [0.2, 0.25) is 0 Å². The Balaban J connectivity index is 1.39. The lowest BCUT2D eigenvalue weighted by atomic mass is 10.1. The van der Waals surface area contributed by atoms with Gasteiger partial charge in [0.15, 0.2) is 0 Å². The van der Waals surface area contributed by atoms with E-state index in [0.29, 0.717) is 17.1 Å². The first-order chi connectivity index (χ1) is 16.0. The quantitative estimate of drug-likeness (QED) is 0.408. The number of hydrogen-bond donors (Lipinski definition) is 2. The van der Waals surface area contributed by atoms with Crippen LogP contribution >= 0.6 is 0 Å². The van der Waals surface area contributed by atoms with Gasteiger partial charge in [-0.2, -0.15) is 0 Å². The van der Waals surface area contributed by atoms with Crippen LogP contribution in [0.25, 0.3) is 0 Å². The Morgan fingerprint density at radius 1 is 0.879 bits per heavy atom. The number of benzene rings is 3. The first-order valence-electron chi connectivity index (χ1n) is 10.8. The maximum atomic E-state index is 12.7. The summed E-state index contributed by atoms with van der Waals surface area (Å²) in [6, 6.07) is 20.7. The van der Waals surface area contributed by atoms with Crippen LogP contribution in [0.4, 0.5) is 22.7 Å². The second-order valence-electron chi connectivity index (χ2n) is 7.90. The van der Waals surface area contributed by atoms with Crippen molar-refractivity contribution in [1.29, 1.82) is 0 Å². The van der Waals surface area contributed by atoms with Gasteiger partial charge >= 0.3 is 0 Å². The summed E-state index contributed by atoms with van der Waals surface area (Å²) >= 11 is 0. The Hall–Kier alpha value is -4.20. The van der Waals surface area contributed by atoms with Gasteiger partial charge in [-0.15, -0.1) is 0 Å². The molecule has 1 aliphatic heterocycles. The highest BCUT2D eigenvalue weighted by Gasteiger charge is 2.24. The molecule has 4 rings (SSSR count). The summed E-state index contributed by atoms with van der Waals surface area (Å²) in [5, 5.41) is 17.1. The Morgan fingerprint density at radius 2 is 1.52 bits per heavy atom. The van der Waals surface area contributed by atoms with Gasteiger partial charge in [0.1, 0.15) is 5.69 Å². The minimum Gasteiger partial charge on any atom is -0.366 e. The number of carbonyl (C=O) groups is 2. The number of rotatable bonds is 7. The molecule has 1 fully saturated rings. The number of carbonyl (C=O) groups excluding carboxylic acids is 2. The minimum atomic E-state index is -0.447. The predicted octanol–water partition coefficient (Wildman–Crippen LogP) is 4.63. The number of nitrogens with one attached hydrogen (secondary N) is 2. The molecule has 0 radical (unpaired) electrons. The lowest BCUT2D eigenvalue weighted by Crippen LogP contribution is -2.19. The molecule has 1 aliphatic rings. The third-order valence-corrected chi connectivity index (χ3v) is 5.52. The van der Waals surface area contributed by atoms with Crippen LogP contribution in [0.15, 0.2) is 72.8 Å². The third-order valence-electron chi connectivity index (χ3n) is 5.52. The number of nitrogens with zero attached hydrogens (tertiary/aromatic N) is 2. The zero-order chi connectivity index (χ0) is 23.2. The van der Waals surface area contributed by atoms with Crippen molar-refractivity contribution in [3.63, 3.8) is 0 Å². The van der Waals surface area contributed by atoms with Crippen LogP contribution in [-0.2, 0) is 11.2 Å². The van der Waals surface area contributed by atoms with E-state index in [4.69, 9.17) is 0 Å². The molecular weight excluding hydrogens is 420 g/mol. The number of anilines is 3. The van der Waals surface area contributed by atoms with Gasteiger partial charge in [0.25, 0.3) is 11.6 Å². The fourth-order valence-electron chi connectivity index (χ4n) is 3.86. The average molecular weight is 444 g/mol. The summed E-state index contributed by atoms with van der Waals surface area (Å²) in [6.07, 6.45) is 2.27. The molecule has 1 heterocycles. The summed E-state index contributed by atoms with van der Waals surface area (Å²) in [7, 11) is 0. The van der Waals surface area contributed by atoms with Crippen LogP contribution in [0, 0.1) is 10.1 Å². The molecule has 3 aromatic rings. The number of nitro groups is 1. The van der Waals surface area contributed by atoms with E-state index in [1.807, 2.05) is 35.2 Å². The average Bonchev–Trinajstić information content (AvgIpc) is 3.35. The van der Waals surface area contributed by atoms with E-state index in [9.17, 15) is 19.7 Å². The molecule has 33 heavy (non-hydrogen) atoms. The topological polar surface area (TPSA) is 105 Å². The van der Waals surface area contributed by atoms with Crippen LogP contribution in [0.1, 0.15) is 28.8 Å². The van der Waals surface area contributed by atoms with Crippen molar-refractivity contribution in [2.75, 3.05) is 28.6 Å². The molecule has 8 heteroatoms. The molecule has 2 amide bonds. The van der Waals surface area contributed by atoms with Gasteiger partial charge in [-0.25, -0.2) is 0 Å². The highest BCUT2D eigenvalue weighted by atomic mass is 16.6. The maximum Gasteiger partial charge on any atom is 0.293 e. The Labute approximate surface area is 191 Å². The Bertz CT molecular complexity index is 1160. The van der Waals surface area contributed by atoms with Gasteiger partial charge in [-0.3, -0.25) is 19.7 Å². The highest BCUT2D eigenvalue weighted by Crippen LogP contribution is 2.32. The van der Waals surface area contributed by atoms with Gasteiger partial charge in [0, 0.05) is 36.1 Å². The summed E-state index contributed by atoms with van der Waals surface area (Å²) in [5.74, 6) is -0.574. The molecule has 0 unspecified atom stereocenters. The molecule has 0 aliphatic carbocycles. The summed E-state index contributed by atoms with van der Waals surface area (Å²) in [4.78, 5) is 38.0. The molecule has 1 saturated heterocycles. The van der Waals surface area contributed by atoms with Crippen molar-refractivity contribution in [3.8, 4) is 0 Å². The first kappa shape index (κ1) is 22.0. The molecular formula is C25H24N4O4. The maximum absolute atomic E-state index is 12.7. The lowest BCUT2D eigenvalue weighted by molar-refractivity contribution is -0.384. The van der Waals surface area contributed by atoms with Crippen LogP contribution in [-0.4, -0.2) is 29.8 Å². The van der Waals surface area contributed by atoms with Crippen molar-refractivity contribution in [2.24, 2.45) is 0 Å². The minimum absolute atomic E-state index is 0.0685. The standard InChI is InChI=1S/C25H24N4O4/c30-24(16-18-6-2-1-3-7-18)26-20-9-11-21(12-10-20)27-25(31)19-8-13-22(23(17-19)29(32)33)28-14-4-5-15-28/h1-3,6-13,17H,4-5,14-16H2,(H,26,30)(H,27,31). The second-order valence-corrected chi connectivity index (χ2v) is 7.90. The van der Waals surface area contributed by atoms with Crippen LogP contribution in [0.3, 0.4) is 0 Å². The SMILES string of the molecule is O=C(Cc1ccccc1)Nc1ccc(NC(=O)c2ccc(N3CCCC3)c([N+](=O)[O-])c2)cc1. The number of hydrogen-bond acceptors (Lipinski definition) is 5. The molecule has 0 bridgehead atoms. The van der Waals surface area contributed by atoms with Crippen LogP contribution in [0.5, 0.6) is 0 Å². The van der Waals surface area contributed by atoms with Crippen molar-refractivity contribution in [2.45, 2.75) is 19.3 Å². The van der Waals surface area contributed by atoms with E-state index < -0.39 is 10.8 Å². The zero-order valence-electron chi connectivity index (χ0n) is 18.0. The molecule has 3 aromatic carbocycles. The Kier molecular flexibility index (Phi) is 6.64. The monoisotopic (exact) mass is 444 g/mol. The van der Waals surface area contributed by atoms with Gasteiger partial charge in [0.05, 0.1) is 11.3 Å². The number of nitro benzene ring substituents is 1. The van der Waals surface area contributed by atoms with E-state index in [1.54, 1.807) is 36.4 Å². The van der Waals surface area contributed by atoms with Crippen LogP contribution < -0.4 is 15.5 Å². The Morgan fingerprint density at radius 3 is 2.15 bits per heavy atom. The van der Waals surface area contributed by atoms with Gasteiger partial charge < -0.3 is 15.5 Å². The fourth-order valence-corrected chi connectivity index (χ4v) is 3.86. The first-order valence-corrected chi connectivity index (χ1v) is 10.8. The molecule has 0 saturated carbocycles. The normalized spacial score (nSPS) is 12.9. The van der Waals surface area contributed by atoms with E-state index in [1.165, 1.54) is 6.07 Å². The lowest BCUT2D eigenvalue weighted by Gasteiger charge is -2.17. The number of amides is 2. The highest BCUT2D eigenvalue weighted by molar-refractivity contribution is 6.05. The predicted molar refractivity (Wildman–Crippen MR) is 128 cm³/mol. The van der Waals surface area contributed by atoms with E-state index in [-0.39, 0.29) is 23.6 Å². The van der Waals surface area contributed by atoms with Gasteiger partial charge in [-0.05, 0) is 54.8 Å². The third kappa shape index (κ3) is 5.54. The summed E-state index contributed by atoms with van der Waals surface area (Å²) in [6.45, 7) is 1.56. The summed E-state index contributed by atoms with van der Waals surface area (Å²) < 4.78 is 0. The van der Waals surface area contributed by atoms with Crippen molar-refractivity contribution in [1.82, 2.24) is 0 Å². The molecule has 2 N–H and O–H groups in total. The van der Waals surface area contributed by atoms with E-state index >= 15 is 0 Å². The van der Waals surface area contributed by atoms with Gasteiger partial charge in [-0.1, -0.05) is 30.3 Å². The van der Waals surface area contributed by atoms with E-state index in [2.05, 4.69) is 10.6 Å². The van der Waals surface area contributed by atoms with Crippen molar-refractivity contribution < 1.29 is 14.5 Å². The smallest absolute Gasteiger partial charge is 0.293 e. The van der Waals surface area contributed by atoms with Crippen molar-refractivity contribution in [3.05, 3.63) is 94.0 Å². The zero-order valence-corrected chi connectivity index (χ0v) is 18.0. The molecule has 8 nitrogen and oxygen atoms in total. The molecule has 0 aromatic heterocycles. The largest absolute Gasteiger partial charge is 0.366 e. The second kappa shape index (κ2) is 9.95. The van der Waals surface area contributed by atoms with E-state index in [0.717, 1.165) is 31.5 Å². The fraction of sp³-hybridized carbons (Fsp3) is 0.200. The van der Waals surface area contributed by atoms with Gasteiger partial charge in [0.2, 0.25) is 5.91 Å². The van der Waals surface area contributed by atoms with Crippen molar-refractivity contribution >= 4 is 34.6 Å².